The molecule has 15 heavy (non-hydrogen) atoms. The average molecular weight is 204 g/mol. The van der Waals surface area contributed by atoms with Gasteiger partial charge in [-0.3, -0.25) is 0 Å². The molecule has 1 aromatic rings. The Bertz CT molecular complexity index is 421. The molecular weight excluding hydrogens is 192 g/mol. The van der Waals surface area contributed by atoms with Gasteiger partial charge in [-0.1, -0.05) is 12.6 Å². The smallest absolute Gasteiger partial charge is 0.339 e. The number of esters is 1. The van der Waals surface area contributed by atoms with E-state index in [1.807, 2.05) is 19.1 Å². The van der Waals surface area contributed by atoms with Crippen LogP contribution in [0.2, 0.25) is 0 Å². The predicted octanol–water partition coefficient (Wildman–Crippen LogP) is 2.31. The van der Waals surface area contributed by atoms with Gasteiger partial charge in [-0.25, -0.2) is 4.79 Å². The van der Waals surface area contributed by atoms with Gasteiger partial charge in [0, 0.05) is 5.56 Å². The summed E-state index contributed by atoms with van der Waals surface area (Å²) in [6, 6.07) is 5.41. The van der Waals surface area contributed by atoms with E-state index >= 15 is 0 Å². The normalized spacial score (nSPS) is 13.3. The topological polar surface area (TPSA) is 35.5 Å². The zero-order chi connectivity index (χ0) is 10.8. The van der Waals surface area contributed by atoms with Crippen molar-refractivity contribution in [3.8, 4) is 5.75 Å². The molecule has 0 aromatic heterocycles. The van der Waals surface area contributed by atoms with Gasteiger partial charge in [0.1, 0.15) is 19.0 Å². The van der Waals surface area contributed by atoms with Gasteiger partial charge in [-0.05, 0) is 24.6 Å². The van der Waals surface area contributed by atoms with Gasteiger partial charge in [0.2, 0.25) is 0 Å². The lowest BCUT2D eigenvalue weighted by Crippen LogP contribution is -1.99. The van der Waals surface area contributed by atoms with Crippen LogP contribution in [-0.4, -0.2) is 12.6 Å². The molecule has 0 aliphatic carbocycles. The van der Waals surface area contributed by atoms with Crippen LogP contribution in [0, 0.1) is 0 Å². The van der Waals surface area contributed by atoms with E-state index in [1.165, 1.54) is 0 Å². The number of cyclic esters (lactones) is 1. The number of hydrogen-bond acceptors (Lipinski definition) is 3. The van der Waals surface area contributed by atoms with Gasteiger partial charge >= 0.3 is 5.97 Å². The van der Waals surface area contributed by atoms with Crippen LogP contribution >= 0.6 is 0 Å². The minimum Gasteiger partial charge on any atom is -0.489 e. The van der Waals surface area contributed by atoms with E-state index < -0.39 is 0 Å². The minimum absolute atomic E-state index is 0.272. The van der Waals surface area contributed by atoms with Crippen LogP contribution in [0.1, 0.15) is 22.8 Å². The summed E-state index contributed by atoms with van der Waals surface area (Å²) < 4.78 is 10.3. The predicted molar refractivity (Wildman–Crippen MR) is 55.9 cm³/mol. The van der Waals surface area contributed by atoms with E-state index in [4.69, 9.17) is 9.47 Å². The highest BCUT2D eigenvalue weighted by Gasteiger charge is 2.21. The minimum atomic E-state index is -0.272. The van der Waals surface area contributed by atoms with E-state index in [1.54, 1.807) is 6.07 Å². The van der Waals surface area contributed by atoms with Crippen molar-refractivity contribution in [3.05, 3.63) is 41.5 Å². The maximum absolute atomic E-state index is 11.3. The Morgan fingerprint density at radius 1 is 1.60 bits per heavy atom. The van der Waals surface area contributed by atoms with Crippen LogP contribution in [0.4, 0.5) is 0 Å². The monoisotopic (exact) mass is 204 g/mol. The molecule has 78 valence electrons. The van der Waals surface area contributed by atoms with E-state index in [2.05, 4.69) is 6.58 Å². The summed E-state index contributed by atoms with van der Waals surface area (Å²) >= 11 is 0. The average Bonchev–Trinajstić information content (AvgIpc) is 2.57. The second kappa shape index (κ2) is 3.77. The first-order valence-electron chi connectivity index (χ1n) is 4.74. The molecule has 1 aliphatic heterocycles. The Balaban J connectivity index is 2.18. The molecule has 3 heteroatoms. The van der Waals surface area contributed by atoms with Crippen LogP contribution in [0.25, 0.3) is 0 Å². The summed E-state index contributed by atoms with van der Waals surface area (Å²) in [6.07, 6.45) is 0. The van der Waals surface area contributed by atoms with Crippen LogP contribution in [0.5, 0.6) is 5.75 Å². The summed E-state index contributed by atoms with van der Waals surface area (Å²) in [4.78, 5) is 11.3. The second-order valence-electron chi connectivity index (χ2n) is 3.64. The quantitative estimate of drug-likeness (QED) is 0.560. The number of hydrogen-bond donors (Lipinski definition) is 0. The van der Waals surface area contributed by atoms with E-state index in [-0.39, 0.29) is 5.97 Å². The van der Waals surface area contributed by atoms with Crippen molar-refractivity contribution in [3.63, 3.8) is 0 Å². The lowest BCUT2D eigenvalue weighted by molar-refractivity contribution is 0.0535. The van der Waals surface area contributed by atoms with Gasteiger partial charge in [0.25, 0.3) is 0 Å². The molecule has 0 atom stereocenters. The van der Waals surface area contributed by atoms with Crippen molar-refractivity contribution < 1.29 is 14.3 Å². The van der Waals surface area contributed by atoms with Crippen LogP contribution in [-0.2, 0) is 11.3 Å². The molecule has 0 spiro atoms. The Morgan fingerprint density at radius 3 is 3.13 bits per heavy atom. The van der Waals surface area contributed by atoms with Gasteiger partial charge in [0.05, 0.1) is 5.56 Å². The Kier molecular flexibility index (Phi) is 2.46. The lowest BCUT2D eigenvalue weighted by Gasteiger charge is -2.05. The van der Waals surface area contributed by atoms with Gasteiger partial charge < -0.3 is 9.47 Å². The zero-order valence-corrected chi connectivity index (χ0v) is 8.58. The van der Waals surface area contributed by atoms with Crippen molar-refractivity contribution in [1.82, 2.24) is 0 Å². The summed E-state index contributed by atoms with van der Waals surface area (Å²) in [7, 11) is 0. The highest BCUT2D eigenvalue weighted by molar-refractivity contribution is 5.93. The molecule has 3 nitrogen and oxygen atoms in total. The molecular formula is C12H12O3. The molecule has 1 aliphatic rings. The fourth-order valence-corrected chi connectivity index (χ4v) is 1.39. The maximum atomic E-state index is 11.3. The highest BCUT2D eigenvalue weighted by atomic mass is 16.5. The van der Waals surface area contributed by atoms with Crippen LogP contribution in [0.3, 0.4) is 0 Å². The third kappa shape index (κ3) is 2.01. The summed E-state index contributed by atoms with van der Waals surface area (Å²) in [5, 5.41) is 0. The number of rotatable bonds is 3. The highest BCUT2D eigenvalue weighted by Crippen LogP contribution is 2.24. The SMILES string of the molecule is C=C(C)COc1ccc2c(c1)C(=O)OC2. The first-order chi connectivity index (χ1) is 7.16. The standard InChI is InChI=1S/C12H12O3/c1-8(2)6-14-10-4-3-9-7-15-12(13)11(9)5-10/h3-5H,1,6-7H2,2H3. The molecule has 0 bridgehead atoms. The van der Waals surface area contributed by atoms with Crippen LogP contribution in [0.15, 0.2) is 30.4 Å². The molecule has 0 saturated heterocycles. The first-order valence-corrected chi connectivity index (χ1v) is 4.74. The molecule has 0 N–H and O–H groups in total. The van der Waals surface area contributed by atoms with E-state index in [9.17, 15) is 4.79 Å². The third-order valence-corrected chi connectivity index (χ3v) is 2.15. The molecule has 0 fully saturated rings. The number of ether oxygens (including phenoxy) is 2. The molecule has 2 rings (SSSR count). The Labute approximate surface area is 88.3 Å². The van der Waals surface area contributed by atoms with E-state index in [0.717, 1.165) is 11.1 Å². The first kappa shape index (κ1) is 9.77. The summed E-state index contributed by atoms with van der Waals surface area (Å²) in [5.41, 5.74) is 2.47. The number of fused-ring (bicyclic) bond motifs is 1. The van der Waals surface area contributed by atoms with Crippen molar-refractivity contribution >= 4 is 5.97 Å². The number of carbonyl (C=O) groups is 1. The fraction of sp³-hybridized carbons (Fsp3) is 0.250. The van der Waals surface area contributed by atoms with Gasteiger partial charge in [-0.2, -0.15) is 0 Å². The number of benzene rings is 1. The zero-order valence-electron chi connectivity index (χ0n) is 8.58. The van der Waals surface area contributed by atoms with Crippen LogP contribution < -0.4 is 4.74 Å². The van der Waals surface area contributed by atoms with Crippen molar-refractivity contribution in [2.45, 2.75) is 13.5 Å². The molecule has 1 heterocycles. The lowest BCUT2D eigenvalue weighted by atomic mass is 10.1. The summed E-state index contributed by atoms with van der Waals surface area (Å²) in [6.45, 7) is 6.47. The largest absolute Gasteiger partial charge is 0.489 e. The maximum Gasteiger partial charge on any atom is 0.339 e. The van der Waals surface area contributed by atoms with Gasteiger partial charge in [-0.15, -0.1) is 0 Å². The van der Waals surface area contributed by atoms with E-state index in [0.29, 0.717) is 24.5 Å². The van der Waals surface area contributed by atoms with Gasteiger partial charge in [0.15, 0.2) is 0 Å². The number of carbonyl (C=O) groups excluding carboxylic acids is 1. The molecule has 1 aromatic carbocycles. The Morgan fingerprint density at radius 2 is 2.40 bits per heavy atom. The van der Waals surface area contributed by atoms with Crippen molar-refractivity contribution in [2.24, 2.45) is 0 Å². The van der Waals surface area contributed by atoms with Crippen molar-refractivity contribution in [2.75, 3.05) is 6.61 Å². The second-order valence-corrected chi connectivity index (χ2v) is 3.64. The molecule has 0 saturated carbocycles. The summed E-state index contributed by atoms with van der Waals surface area (Å²) in [5.74, 6) is 0.404. The molecule has 0 radical (unpaired) electrons. The molecule has 0 unspecified atom stereocenters. The Hall–Kier alpha value is -1.77. The van der Waals surface area contributed by atoms with Crippen molar-refractivity contribution in [1.29, 1.82) is 0 Å². The molecule has 0 amide bonds. The third-order valence-electron chi connectivity index (χ3n) is 2.15. The fourth-order valence-electron chi connectivity index (χ4n) is 1.39.